The van der Waals surface area contributed by atoms with Crippen molar-refractivity contribution in [2.45, 2.75) is 31.8 Å². The van der Waals surface area contributed by atoms with Crippen molar-refractivity contribution in [2.75, 3.05) is 38.8 Å². The maximum Gasteiger partial charge on any atom is 0.223 e. The van der Waals surface area contributed by atoms with Crippen molar-refractivity contribution in [3.63, 3.8) is 0 Å². The Morgan fingerprint density at radius 2 is 2.33 bits per heavy atom. The number of carbonyl (C=O) groups is 1. The molecule has 1 saturated heterocycles. The van der Waals surface area contributed by atoms with Gasteiger partial charge in [-0.05, 0) is 19.1 Å². The number of thioether (sulfide) groups is 1. The normalized spacial score (nSPS) is 28.4. The van der Waals surface area contributed by atoms with Crippen LogP contribution in [0, 0.1) is 5.92 Å². The van der Waals surface area contributed by atoms with Gasteiger partial charge in [0.2, 0.25) is 5.91 Å². The molecule has 0 spiro atoms. The lowest BCUT2D eigenvalue weighted by molar-refractivity contribution is -0.140. The number of methoxy groups -OCH3 is 1. The molecule has 1 heterocycles. The minimum Gasteiger partial charge on any atom is -0.389 e. The first-order valence-corrected chi connectivity index (χ1v) is 7.91. The molecule has 2 unspecified atom stereocenters. The highest BCUT2D eigenvalue weighted by atomic mass is 32.2. The molecule has 0 aromatic carbocycles. The molecular formula is C13H25NO3S. The summed E-state index contributed by atoms with van der Waals surface area (Å²) in [6, 6.07) is 0. The van der Waals surface area contributed by atoms with Crippen molar-refractivity contribution < 1.29 is 14.6 Å². The van der Waals surface area contributed by atoms with Crippen molar-refractivity contribution in [3.05, 3.63) is 0 Å². The van der Waals surface area contributed by atoms with Gasteiger partial charge in [0, 0.05) is 44.9 Å². The van der Waals surface area contributed by atoms with Gasteiger partial charge in [0.05, 0.1) is 5.60 Å². The summed E-state index contributed by atoms with van der Waals surface area (Å²) in [5, 5.41) is 10.5. The van der Waals surface area contributed by atoms with Crippen LogP contribution in [0.1, 0.15) is 26.2 Å². The van der Waals surface area contributed by atoms with Gasteiger partial charge in [-0.25, -0.2) is 0 Å². The number of hydrogen-bond donors (Lipinski definition) is 1. The number of nitrogens with zero attached hydrogens (tertiary/aromatic N) is 1. The fourth-order valence-electron chi connectivity index (χ4n) is 2.39. The summed E-state index contributed by atoms with van der Waals surface area (Å²) in [5.74, 6) is 1.20. The summed E-state index contributed by atoms with van der Waals surface area (Å²) in [6.07, 6.45) is 3.92. The Morgan fingerprint density at radius 1 is 1.61 bits per heavy atom. The zero-order valence-electron chi connectivity index (χ0n) is 11.6. The van der Waals surface area contributed by atoms with Crippen LogP contribution < -0.4 is 0 Å². The predicted octanol–water partition coefficient (Wildman–Crippen LogP) is 1.38. The highest BCUT2D eigenvalue weighted by Gasteiger charge is 2.39. The lowest BCUT2D eigenvalue weighted by atomic mass is 9.80. The van der Waals surface area contributed by atoms with Crippen LogP contribution in [0.25, 0.3) is 0 Å². The lowest BCUT2D eigenvalue weighted by Gasteiger charge is -2.43. The molecule has 1 amide bonds. The summed E-state index contributed by atoms with van der Waals surface area (Å²) in [7, 11) is 1.65. The first-order valence-electron chi connectivity index (χ1n) is 6.51. The predicted molar refractivity (Wildman–Crippen MR) is 74.8 cm³/mol. The van der Waals surface area contributed by atoms with Gasteiger partial charge in [-0.3, -0.25) is 4.79 Å². The third-order valence-electron chi connectivity index (χ3n) is 3.84. The Balaban J connectivity index is 2.47. The van der Waals surface area contributed by atoms with Crippen molar-refractivity contribution in [3.8, 4) is 0 Å². The van der Waals surface area contributed by atoms with E-state index in [-0.39, 0.29) is 11.8 Å². The first-order chi connectivity index (χ1) is 8.53. The summed E-state index contributed by atoms with van der Waals surface area (Å²) >= 11 is 1.69. The largest absolute Gasteiger partial charge is 0.389 e. The second kappa shape index (κ2) is 7.36. The monoisotopic (exact) mass is 275 g/mol. The minimum absolute atomic E-state index is 0.111. The van der Waals surface area contributed by atoms with E-state index in [1.165, 1.54) is 0 Å². The van der Waals surface area contributed by atoms with Crippen molar-refractivity contribution in [1.82, 2.24) is 4.90 Å². The molecule has 2 atom stereocenters. The fourth-order valence-corrected chi connectivity index (χ4v) is 2.77. The maximum absolute atomic E-state index is 11.9. The molecule has 18 heavy (non-hydrogen) atoms. The smallest absolute Gasteiger partial charge is 0.223 e. The van der Waals surface area contributed by atoms with Crippen LogP contribution >= 0.6 is 11.8 Å². The second-order valence-corrected chi connectivity index (χ2v) is 6.07. The minimum atomic E-state index is -0.674. The summed E-state index contributed by atoms with van der Waals surface area (Å²) in [5.41, 5.74) is -0.674. The molecule has 0 aromatic rings. The van der Waals surface area contributed by atoms with Crippen LogP contribution in [-0.2, 0) is 9.53 Å². The van der Waals surface area contributed by atoms with E-state index in [0.717, 1.165) is 5.75 Å². The second-order valence-electron chi connectivity index (χ2n) is 5.08. The highest BCUT2D eigenvalue weighted by Crippen LogP contribution is 2.31. The molecule has 0 aromatic heterocycles. The molecule has 0 bridgehead atoms. The number of piperidine rings is 1. The molecular weight excluding hydrogens is 250 g/mol. The zero-order chi connectivity index (χ0) is 13.6. The summed E-state index contributed by atoms with van der Waals surface area (Å²) < 4.78 is 5.04. The quantitative estimate of drug-likeness (QED) is 0.795. The summed E-state index contributed by atoms with van der Waals surface area (Å²) in [6.45, 7) is 3.91. The third kappa shape index (κ3) is 4.14. The zero-order valence-corrected chi connectivity index (χ0v) is 12.5. The molecule has 1 fully saturated rings. The van der Waals surface area contributed by atoms with Crippen LogP contribution in [0.5, 0.6) is 0 Å². The fraction of sp³-hybridized carbons (Fsp3) is 0.923. The number of rotatable bonds is 6. The molecule has 4 nitrogen and oxygen atoms in total. The SMILES string of the molecule is COCCC1(O)CCN(C(=O)CCSC)CC1C. The van der Waals surface area contributed by atoms with Gasteiger partial charge in [-0.1, -0.05) is 6.92 Å². The maximum atomic E-state index is 11.9. The number of ether oxygens (including phenoxy) is 1. The van der Waals surface area contributed by atoms with E-state index >= 15 is 0 Å². The molecule has 0 aliphatic carbocycles. The molecule has 1 aliphatic heterocycles. The van der Waals surface area contributed by atoms with E-state index in [4.69, 9.17) is 4.74 Å². The molecule has 0 radical (unpaired) electrons. The van der Waals surface area contributed by atoms with Gasteiger partial charge in [-0.15, -0.1) is 0 Å². The topological polar surface area (TPSA) is 49.8 Å². The van der Waals surface area contributed by atoms with Crippen LogP contribution in [0.15, 0.2) is 0 Å². The molecule has 106 valence electrons. The number of carbonyl (C=O) groups excluding carboxylic acids is 1. The molecule has 1 N–H and O–H groups in total. The van der Waals surface area contributed by atoms with E-state index in [1.54, 1.807) is 18.9 Å². The number of likely N-dealkylation sites (tertiary alicyclic amines) is 1. The van der Waals surface area contributed by atoms with Crippen LogP contribution in [0.2, 0.25) is 0 Å². The molecule has 1 rings (SSSR count). The van der Waals surface area contributed by atoms with E-state index in [0.29, 0.717) is 39.0 Å². The van der Waals surface area contributed by atoms with Crippen LogP contribution in [0.3, 0.4) is 0 Å². The average molecular weight is 275 g/mol. The van der Waals surface area contributed by atoms with Gasteiger partial charge in [0.1, 0.15) is 0 Å². The Kier molecular flexibility index (Phi) is 6.46. The van der Waals surface area contributed by atoms with Crippen LogP contribution in [0.4, 0.5) is 0 Å². The Labute approximate surface area is 114 Å². The number of aliphatic hydroxyl groups is 1. The number of hydrogen-bond acceptors (Lipinski definition) is 4. The molecule has 0 saturated carbocycles. The third-order valence-corrected chi connectivity index (χ3v) is 4.45. The van der Waals surface area contributed by atoms with Crippen molar-refractivity contribution in [2.24, 2.45) is 5.92 Å². The van der Waals surface area contributed by atoms with Crippen molar-refractivity contribution >= 4 is 17.7 Å². The van der Waals surface area contributed by atoms with Crippen molar-refractivity contribution in [1.29, 1.82) is 0 Å². The lowest BCUT2D eigenvalue weighted by Crippen LogP contribution is -2.52. The number of amides is 1. The Hall–Kier alpha value is -0.260. The van der Waals surface area contributed by atoms with E-state index < -0.39 is 5.60 Å². The first kappa shape index (κ1) is 15.8. The average Bonchev–Trinajstić information content (AvgIpc) is 2.37. The van der Waals surface area contributed by atoms with E-state index in [9.17, 15) is 9.90 Å². The van der Waals surface area contributed by atoms with E-state index in [2.05, 4.69) is 0 Å². The summed E-state index contributed by atoms with van der Waals surface area (Å²) in [4.78, 5) is 13.8. The highest BCUT2D eigenvalue weighted by molar-refractivity contribution is 7.98. The van der Waals surface area contributed by atoms with Gasteiger partial charge >= 0.3 is 0 Å². The van der Waals surface area contributed by atoms with Gasteiger partial charge in [0.25, 0.3) is 0 Å². The molecule has 1 aliphatic rings. The standard InChI is InChI=1S/C13H25NO3S/c1-11-10-14(12(15)4-9-18-3)7-5-13(11,16)6-8-17-2/h11,16H,4-10H2,1-3H3. The molecule has 5 heteroatoms. The van der Waals surface area contributed by atoms with E-state index in [1.807, 2.05) is 18.1 Å². The Bertz CT molecular complexity index is 275. The van der Waals surface area contributed by atoms with Gasteiger partial charge in [-0.2, -0.15) is 11.8 Å². The van der Waals surface area contributed by atoms with Crippen LogP contribution in [-0.4, -0.2) is 60.3 Å². The van der Waals surface area contributed by atoms with Gasteiger partial charge < -0.3 is 14.7 Å². The Morgan fingerprint density at radius 3 is 2.89 bits per heavy atom. The van der Waals surface area contributed by atoms with Gasteiger partial charge in [0.15, 0.2) is 0 Å².